The maximum Gasteiger partial charge on any atom is 0.336 e. The van der Waals surface area contributed by atoms with Gasteiger partial charge in [0.25, 0.3) is 0 Å². The molecule has 0 aliphatic heterocycles. The van der Waals surface area contributed by atoms with Crippen molar-refractivity contribution in [2.24, 2.45) is 0 Å². The lowest BCUT2D eigenvalue weighted by molar-refractivity contribution is -0.141. The van der Waals surface area contributed by atoms with Crippen LogP contribution < -0.4 is 0 Å². The number of aromatic carboxylic acids is 3. The first kappa shape index (κ1) is 20.5. The molecule has 8 heteroatoms. The fourth-order valence-electron chi connectivity index (χ4n) is 3.37. The summed E-state index contributed by atoms with van der Waals surface area (Å²) in [5.41, 5.74) is -0.991. The summed E-state index contributed by atoms with van der Waals surface area (Å²) in [4.78, 5) is 45.9. The van der Waals surface area contributed by atoms with Crippen molar-refractivity contribution in [3.05, 3.63) is 88.5 Å². The highest BCUT2D eigenvalue weighted by Crippen LogP contribution is 2.37. The largest absolute Gasteiger partial charge is 0.480 e. The molecule has 1 aliphatic carbocycles. The Morgan fingerprint density at radius 1 is 0.800 bits per heavy atom. The van der Waals surface area contributed by atoms with Crippen LogP contribution >= 0.6 is 0 Å². The van der Waals surface area contributed by atoms with Crippen molar-refractivity contribution in [1.82, 2.24) is 0 Å². The maximum absolute atomic E-state index is 12.1. The standard InChI is InChI=1S/C22H16O8/c23-18(24)14-2-1-3-15(10-14)22(21(29)30)8-6-12(7-9-22)13-4-5-16(19(25)26)17(11-13)20(27)28/h1-8,10-11H,9H2,(H,23,24)(H,25,26)(H,27,28)(H,29,30). The molecule has 0 heterocycles. The van der Waals surface area contributed by atoms with Crippen LogP contribution in [0.5, 0.6) is 0 Å². The van der Waals surface area contributed by atoms with E-state index in [9.17, 15) is 34.5 Å². The van der Waals surface area contributed by atoms with Gasteiger partial charge >= 0.3 is 23.9 Å². The SMILES string of the molecule is O=C(O)c1cccc(C2(C(=O)O)C=CC(c3ccc(C(=O)O)c(C(=O)O)c3)=CC2)c1. The molecule has 8 nitrogen and oxygen atoms in total. The van der Waals surface area contributed by atoms with Crippen LogP contribution in [-0.2, 0) is 10.2 Å². The number of rotatable bonds is 6. The van der Waals surface area contributed by atoms with Crippen molar-refractivity contribution in [3.63, 3.8) is 0 Å². The number of carboxylic acids is 4. The molecule has 0 saturated heterocycles. The second-order valence-corrected chi connectivity index (χ2v) is 6.73. The Kier molecular flexibility index (Phi) is 5.25. The Morgan fingerprint density at radius 3 is 2.03 bits per heavy atom. The van der Waals surface area contributed by atoms with Gasteiger partial charge in [0, 0.05) is 0 Å². The number of aliphatic carboxylic acids is 1. The van der Waals surface area contributed by atoms with E-state index in [1.807, 2.05) is 0 Å². The summed E-state index contributed by atoms with van der Waals surface area (Å²) in [6.07, 6.45) is 4.53. The van der Waals surface area contributed by atoms with Crippen LogP contribution in [0.25, 0.3) is 5.57 Å². The van der Waals surface area contributed by atoms with Crippen molar-refractivity contribution in [2.75, 3.05) is 0 Å². The Hall–Kier alpha value is -4.20. The van der Waals surface area contributed by atoms with Gasteiger partial charge in [0.2, 0.25) is 0 Å². The van der Waals surface area contributed by atoms with Crippen LogP contribution in [0, 0.1) is 0 Å². The van der Waals surface area contributed by atoms with Crippen molar-refractivity contribution in [2.45, 2.75) is 11.8 Å². The molecule has 0 fully saturated rings. The Morgan fingerprint density at radius 2 is 1.50 bits per heavy atom. The molecule has 0 saturated carbocycles. The summed E-state index contributed by atoms with van der Waals surface area (Å²) in [6, 6.07) is 9.54. The molecule has 4 N–H and O–H groups in total. The van der Waals surface area contributed by atoms with Gasteiger partial charge in [-0.15, -0.1) is 0 Å². The number of hydrogen-bond acceptors (Lipinski definition) is 4. The van der Waals surface area contributed by atoms with Gasteiger partial charge in [0.1, 0.15) is 5.41 Å². The molecule has 30 heavy (non-hydrogen) atoms. The first-order valence-electron chi connectivity index (χ1n) is 8.73. The second kappa shape index (κ2) is 7.67. The van der Waals surface area contributed by atoms with Gasteiger partial charge < -0.3 is 20.4 Å². The third-order valence-corrected chi connectivity index (χ3v) is 5.01. The Bertz CT molecular complexity index is 1140. The molecule has 1 atom stereocenters. The summed E-state index contributed by atoms with van der Waals surface area (Å²) in [5.74, 6) is -5.09. The molecule has 1 unspecified atom stereocenters. The van der Waals surface area contributed by atoms with E-state index >= 15 is 0 Å². The smallest absolute Gasteiger partial charge is 0.336 e. The first-order chi connectivity index (χ1) is 14.2. The van der Waals surface area contributed by atoms with Gasteiger partial charge in [0.15, 0.2) is 0 Å². The third-order valence-electron chi connectivity index (χ3n) is 5.01. The zero-order valence-corrected chi connectivity index (χ0v) is 15.4. The fraction of sp³-hybridized carbons (Fsp3) is 0.0909. The highest BCUT2D eigenvalue weighted by molar-refractivity contribution is 6.02. The number of benzene rings is 2. The zero-order chi connectivity index (χ0) is 22.1. The topological polar surface area (TPSA) is 149 Å². The Labute approximate surface area is 170 Å². The van der Waals surface area contributed by atoms with Crippen LogP contribution in [0.4, 0.5) is 0 Å². The predicted octanol–water partition coefficient (Wildman–Crippen LogP) is 3.15. The average molecular weight is 408 g/mol. The average Bonchev–Trinajstić information content (AvgIpc) is 2.73. The Balaban J connectivity index is 2.01. The van der Waals surface area contributed by atoms with Crippen LogP contribution in [-0.4, -0.2) is 44.3 Å². The highest BCUT2D eigenvalue weighted by atomic mass is 16.4. The van der Waals surface area contributed by atoms with E-state index in [0.717, 1.165) is 0 Å². The first-order valence-corrected chi connectivity index (χ1v) is 8.73. The minimum absolute atomic E-state index is 0.000323. The number of carboxylic acid groups (broad SMARTS) is 4. The summed E-state index contributed by atoms with van der Waals surface area (Å²) in [5, 5.41) is 37.5. The lowest BCUT2D eigenvalue weighted by Gasteiger charge is -2.29. The lowest BCUT2D eigenvalue weighted by Crippen LogP contribution is -2.34. The normalized spacial score (nSPS) is 17.8. The number of carbonyl (C=O) groups is 4. The van der Waals surface area contributed by atoms with E-state index in [4.69, 9.17) is 5.11 Å². The number of allylic oxidation sites excluding steroid dienone is 3. The van der Waals surface area contributed by atoms with Gasteiger partial charge in [-0.2, -0.15) is 0 Å². The molecule has 0 radical (unpaired) electrons. The summed E-state index contributed by atoms with van der Waals surface area (Å²) >= 11 is 0. The minimum Gasteiger partial charge on any atom is -0.480 e. The van der Waals surface area contributed by atoms with Crippen LogP contribution in [0.15, 0.2) is 60.7 Å². The number of hydrogen-bond donors (Lipinski definition) is 4. The van der Waals surface area contributed by atoms with Gasteiger partial charge in [-0.3, -0.25) is 4.79 Å². The minimum atomic E-state index is -1.48. The van der Waals surface area contributed by atoms with E-state index in [1.54, 1.807) is 6.08 Å². The molecule has 0 spiro atoms. The molecular weight excluding hydrogens is 392 g/mol. The summed E-state index contributed by atoms with van der Waals surface area (Å²) < 4.78 is 0. The van der Waals surface area contributed by atoms with E-state index in [-0.39, 0.29) is 23.1 Å². The van der Waals surface area contributed by atoms with E-state index in [0.29, 0.717) is 16.7 Å². The van der Waals surface area contributed by atoms with Crippen molar-refractivity contribution < 1.29 is 39.6 Å². The molecule has 0 amide bonds. The molecule has 0 aromatic heterocycles. The van der Waals surface area contributed by atoms with Crippen molar-refractivity contribution in [3.8, 4) is 0 Å². The predicted molar refractivity (Wildman–Crippen MR) is 105 cm³/mol. The lowest BCUT2D eigenvalue weighted by atomic mass is 9.73. The van der Waals surface area contributed by atoms with Gasteiger partial charge in [-0.25, -0.2) is 14.4 Å². The van der Waals surface area contributed by atoms with Gasteiger partial charge in [-0.05, 0) is 47.4 Å². The molecule has 1 aliphatic rings. The molecule has 2 aromatic carbocycles. The molecule has 152 valence electrons. The van der Waals surface area contributed by atoms with Crippen LogP contribution in [0.2, 0.25) is 0 Å². The second-order valence-electron chi connectivity index (χ2n) is 6.73. The highest BCUT2D eigenvalue weighted by Gasteiger charge is 2.39. The monoisotopic (exact) mass is 408 g/mol. The van der Waals surface area contributed by atoms with Gasteiger partial charge in [0.05, 0.1) is 16.7 Å². The fourth-order valence-corrected chi connectivity index (χ4v) is 3.37. The quantitative estimate of drug-likeness (QED) is 0.569. The molecule has 3 rings (SSSR count). The van der Waals surface area contributed by atoms with E-state index in [2.05, 4.69) is 0 Å². The van der Waals surface area contributed by atoms with Crippen molar-refractivity contribution >= 4 is 29.5 Å². The van der Waals surface area contributed by atoms with E-state index < -0.39 is 29.3 Å². The zero-order valence-electron chi connectivity index (χ0n) is 15.4. The van der Waals surface area contributed by atoms with Crippen LogP contribution in [0.3, 0.4) is 0 Å². The van der Waals surface area contributed by atoms with Crippen molar-refractivity contribution in [1.29, 1.82) is 0 Å². The molecule has 2 aromatic rings. The third kappa shape index (κ3) is 3.58. The molecule has 0 bridgehead atoms. The molecular formula is C22H16O8. The van der Waals surface area contributed by atoms with Crippen LogP contribution in [0.1, 0.15) is 48.6 Å². The summed E-state index contributed by atoms with van der Waals surface area (Å²) in [6.45, 7) is 0. The summed E-state index contributed by atoms with van der Waals surface area (Å²) in [7, 11) is 0. The van der Waals surface area contributed by atoms with Gasteiger partial charge in [-0.1, -0.05) is 36.4 Å². The maximum atomic E-state index is 12.1. The van der Waals surface area contributed by atoms with E-state index in [1.165, 1.54) is 54.6 Å².